The zero-order valence-electron chi connectivity index (χ0n) is 27.4. The van der Waals surface area contributed by atoms with Gasteiger partial charge in [-0.2, -0.15) is 0 Å². The van der Waals surface area contributed by atoms with Crippen molar-refractivity contribution < 1.29 is 28.7 Å². The Labute approximate surface area is 256 Å². The van der Waals surface area contributed by atoms with Crippen molar-refractivity contribution in [2.75, 3.05) is 6.54 Å². The number of carbonyl (C=O) groups is 4. The van der Waals surface area contributed by atoms with Gasteiger partial charge in [0.15, 0.2) is 0 Å². The van der Waals surface area contributed by atoms with Crippen LogP contribution in [0.4, 0.5) is 4.79 Å². The number of carbonyl (C=O) groups excluding carboxylic acids is 4. The number of aryl methyl sites for hydroxylation is 2. The van der Waals surface area contributed by atoms with Crippen LogP contribution in [0.1, 0.15) is 90.1 Å². The number of alkyl carbamates (subject to hydrolysis) is 1. The van der Waals surface area contributed by atoms with Crippen molar-refractivity contribution in [3.05, 3.63) is 70.8 Å². The molecule has 2 aromatic carbocycles. The van der Waals surface area contributed by atoms with E-state index in [-0.39, 0.29) is 13.0 Å². The lowest BCUT2D eigenvalue weighted by Gasteiger charge is -2.34. The van der Waals surface area contributed by atoms with Crippen LogP contribution < -0.4 is 10.6 Å². The van der Waals surface area contributed by atoms with Crippen LogP contribution in [0, 0.1) is 13.8 Å². The molecule has 3 unspecified atom stereocenters. The molecular formula is C34H49N3O6. The molecule has 0 fully saturated rings. The van der Waals surface area contributed by atoms with Gasteiger partial charge in [-0.1, -0.05) is 66.6 Å². The quantitative estimate of drug-likeness (QED) is 0.329. The van der Waals surface area contributed by atoms with Crippen LogP contribution in [0.3, 0.4) is 0 Å². The number of hydrogen-bond donors (Lipinski definition) is 2. The average molecular weight is 596 g/mol. The average Bonchev–Trinajstić information content (AvgIpc) is 2.85. The number of hydrogen-bond acceptors (Lipinski definition) is 6. The van der Waals surface area contributed by atoms with Crippen LogP contribution in [-0.2, 0) is 30.3 Å². The van der Waals surface area contributed by atoms with Crippen LogP contribution in [-0.4, -0.2) is 58.6 Å². The third-order valence-electron chi connectivity index (χ3n) is 6.26. The molecule has 0 aliphatic heterocycles. The first-order valence-corrected chi connectivity index (χ1v) is 14.9. The van der Waals surface area contributed by atoms with Crippen LogP contribution in [0.25, 0.3) is 0 Å². The highest BCUT2D eigenvalue weighted by Crippen LogP contribution is 2.26. The SMILES string of the molecule is CCCN(C(=O)C(C)NC(=O)OC(C)(C)C)C(C(=O)NC(Cc1ccccc1)C(=O)OC(C)(C)C)c1cc(C)cc(C)c1. The Morgan fingerprint density at radius 3 is 1.91 bits per heavy atom. The monoisotopic (exact) mass is 595 g/mol. The Hall–Kier alpha value is -3.88. The van der Waals surface area contributed by atoms with E-state index in [4.69, 9.17) is 9.47 Å². The first-order chi connectivity index (χ1) is 19.9. The van der Waals surface area contributed by atoms with Gasteiger partial charge in [0, 0.05) is 13.0 Å². The van der Waals surface area contributed by atoms with E-state index in [1.807, 2.05) is 69.3 Å². The highest BCUT2D eigenvalue weighted by Gasteiger charge is 2.37. The van der Waals surface area contributed by atoms with E-state index in [0.717, 1.165) is 16.7 Å². The lowest BCUT2D eigenvalue weighted by Crippen LogP contribution is -2.54. The second kappa shape index (κ2) is 15.0. The first-order valence-electron chi connectivity index (χ1n) is 14.9. The minimum atomic E-state index is -1.07. The number of amides is 3. The van der Waals surface area contributed by atoms with E-state index in [1.54, 1.807) is 48.5 Å². The largest absolute Gasteiger partial charge is 0.458 e. The van der Waals surface area contributed by atoms with Gasteiger partial charge >= 0.3 is 12.1 Å². The topological polar surface area (TPSA) is 114 Å². The minimum absolute atomic E-state index is 0.208. The van der Waals surface area contributed by atoms with E-state index < -0.39 is 53.2 Å². The van der Waals surface area contributed by atoms with Gasteiger partial charge in [-0.25, -0.2) is 9.59 Å². The molecule has 9 nitrogen and oxygen atoms in total. The molecule has 2 N–H and O–H groups in total. The number of nitrogens with zero attached hydrogens (tertiary/aromatic N) is 1. The van der Waals surface area contributed by atoms with E-state index in [2.05, 4.69) is 10.6 Å². The van der Waals surface area contributed by atoms with Crippen LogP contribution >= 0.6 is 0 Å². The molecule has 0 radical (unpaired) electrons. The van der Waals surface area contributed by atoms with Gasteiger partial charge in [0.2, 0.25) is 11.8 Å². The zero-order valence-corrected chi connectivity index (χ0v) is 27.4. The minimum Gasteiger partial charge on any atom is -0.458 e. The van der Waals surface area contributed by atoms with Gasteiger partial charge in [0.1, 0.15) is 29.3 Å². The van der Waals surface area contributed by atoms with Crippen LogP contribution in [0.2, 0.25) is 0 Å². The summed E-state index contributed by atoms with van der Waals surface area (Å²) in [6.45, 7) is 18.1. The molecule has 3 atom stereocenters. The van der Waals surface area contributed by atoms with Gasteiger partial charge in [-0.05, 0) is 79.9 Å². The summed E-state index contributed by atoms with van der Waals surface area (Å²) >= 11 is 0. The molecule has 0 bridgehead atoms. The predicted molar refractivity (Wildman–Crippen MR) is 167 cm³/mol. The second-order valence-corrected chi connectivity index (χ2v) is 13.0. The van der Waals surface area contributed by atoms with Crippen molar-refractivity contribution in [2.45, 2.75) is 111 Å². The van der Waals surface area contributed by atoms with E-state index in [0.29, 0.717) is 12.0 Å². The number of benzene rings is 2. The third-order valence-corrected chi connectivity index (χ3v) is 6.26. The van der Waals surface area contributed by atoms with Crippen molar-refractivity contribution in [1.82, 2.24) is 15.5 Å². The molecule has 0 aliphatic carbocycles. The molecule has 0 spiro atoms. The van der Waals surface area contributed by atoms with E-state index >= 15 is 0 Å². The predicted octanol–water partition coefficient (Wildman–Crippen LogP) is 5.57. The Balaban J connectivity index is 2.53. The summed E-state index contributed by atoms with van der Waals surface area (Å²) in [7, 11) is 0. The molecule has 43 heavy (non-hydrogen) atoms. The van der Waals surface area contributed by atoms with Crippen molar-refractivity contribution in [2.24, 2.45) is 0 Å². The normalized spacial score (nSPS) is 13.7. The van der Waals surface area contributed by atoms with Gasteiger partial charge in [-0.3, -0.25) is 9.59 Å². The van der Waals surface area contributed by atoms with Crippen LogP contribution in [0.5, 0.6) is 0 Å². The molecule has 3 amide bonds. The summed E-state index contributed by atoms with van der Waals surface area (Å²) < 4.78 is 11.0. The number of ether oxygens (including phenoxy) is 2. The fourth-order valence-electron chi connectivity index (χ4n) is 4.71. The molecule has 0 saturated carbocycles. The Morgan fingerprint density at radius 2 is 1.40 bits per heavy atom. The number of nitrogens with one attached hydrogen (secondary N) is 2. The molecule has 9 heteroatoms. The van der Waals surface area contributed by atoms with Crippen molar-refractivity contribution in [3.8, 4) is 0 Å². The van der Waals surface area contributed by atoms with Gasteiger partial charge in [-0.15, -0.1) is 0 Å². The molecular weight excluding hydrogens is 546 g/mol. The molecule has 0 heterocycles. The maximum Gasteiger partial charge on any atom is 0.408 e. The Kier molecular flexibility index (Phi) is 12.3. The smallest absolute Gasteiger partial charge is 0.408 e. The fraction of sp³-hybridized carbons (Fsp3) is 0.529. The van der Waals surface area contributed by atoms with Crippen molar-refractivity contribution in [3.63, 3.8) is 0 Å². The first kappa shape index (κ1) is 35.3. The number of rotatable bonds is 11. The zero-order chi connectivity index (χ0) is 32.5. The Morgan fingerprint density at radius 1 is 0.837 bits per heavy atom. The van der Waals surface area contributed by atoms with E-state index in [9.17, 15) is 19.2 Å². The molecule has 2 aromatic rings. The maximum absolute atomic E-state index is 14.3. The van der Waals surface area contributed by atoms with E-state index in [1.165, 1.54) is 4.90 Å². The standard InChI is InChI=1S/C34H49N3O6/c1-11-17-37(30(39)24(4)35-32(41)43-34(8,9)10)28(26-19-22(2)18-23(3)20-26)29(38)36-27(31(40)42-33(5,6)7)21-25-15-13-12-14-16-25/h12-16,18-20,24,27-28H,11,17,21H2,1-10H3,(H,35,41)(H,36,38). The van der Waals surface area contributed by atoms with Gasteiger partial charge in [0.25, 0.3) is 0 Å². The summed E-state index contributed by atoms with van der Waals surface area (Å²) in [4.78, 5) is 55.5. The third kappa shape index (κ3) is 11.7. The Bertz CT molecular complexity index is 1240. The van der Waals surface area contributed by atoms with Crippen molar-refractivity contribution >= 4 is 23.9 Å². The summed E-state index contributed by atoms with van der Waals surface area (Å²) in [5.41, 5.74) is 1.78. The number of esters is 1. The molecule has 236 valence electrons. The summed E-state index contributed by atoms with van der Waals surface area (Å²) in [6.07, 6.45) is 0.0308. The maximum atomic E-state index is 14.3. The summed E-state index contributed by atoms with van der Waals surface area (Å²) in [5.74, 6) is -1.55. The fourth-order valence-corrected chi connectivity index (χ4v) is 4.71. The lowest BCUT2D eigenvalue weighted by atomic mass is 9.97. The lowest BCUT2D eigenvalue weighted by molar-refractivity contribution is -0.159. The van der Waals surface area contributed by atoms with Gasteiger partial charge in [0.05, 0.1) is 0 Å². The summed E-state index contributed by atoms with van der Waals surface area (Å²) in [6, 6.07) is 12.0. The molecule has 0 aromatic heterocycles. The molecule has 0 aliphatic rings. The highest BCUT2D eigenvalue weighted by atomic mass is 16.6. The second-order valence-electron chi connectivity index (χ2n) is 13.0. The van der Waals surface area contributed by atoms with Gasteiger partial charge < -0.3 is 25.0 Å². The molecule has 2 rings (SSSR count). The van der Waals surface area contributed by atoms with Crippen molar-refractivity contribution in [1.29, 1.82) is 0 Å². The molecule has 0 saturated heterocycles. The summed E-state index contributed by atoms with van der Waals surface area (Å²) in [5, 5.41) is 5.51. The highest BCUT2D eigenvalue weighted by molar-refractivity contribution is 5.94. The van der Waals surface area contributed by atoms with Crippen LogP contribution in [0.15, 0.2) is 48.5 Å².